The van der Waals surface area contributed by atoms with Crippen LogP contribution in [0.4, 0.5) is 5.69 Å². The summed E-state index contributed by atoms with van der Waals surface area (Å²) in [6, 6.07) is 34.7. The van der Waals surface area contributed by atoms with E-state index >= 15 is 0 Å². The molecule has 6 heteroatoms. The molecule has 9 rings (SSSR count). The van der Waals surface area contributed by atoms with E-state index in [2.05, 4.69) is 138 Å². The zero-order valence-electron chi connectivity index (χ0n) is 27.6. The maximum absolute atomic E-state index is 6.16. The van der Waals surface area contributed by atoms with Gasteiger partial charge in [0, 0.05) is 5.39 Å². The number of hydrogen-bond donors (Lipinski definition) is 0. The summed E-state index contributed by atoms with van der Waals surface area (Å²) in [6.45, 7) is 6.43. The first-order chi connectivity index (χ1) is 23.0. The third-order valence-electron chi connectivity index (χ3n) is 9.80. The molecule has 0 bridgehead atoms. The summed E-state index contributed by atoms with van der Waals surface area (Å²) in [7, 11) is 2.04. The van der Waals surface area contributed by atoms with Gasteiger partial charge in [-0.1, -0.05) is 68.8 Å². The van der Waals surface area contributed by atoms with Crippen molar-refractivity contribution in [2.75, 3.05) is 11.9 Å². The Morgan fingerprint density at radius 3 is 2.44 bits per heavy atom. The molecule has 3 heterocycles. The van der Waals surface area contributed by atoms with Gasteiger partial charge >= 0.3 is 20.1 Å². The molecule has 1 saturated carbocycles. The van der Waals surface area contributed by atoms with Gasteiger partial charge in [0.05, 0.1) is 18.0 Å². The number of benzene rings is 5. The second-order valence-electron chi connectivity index (χ2n) is 13.4. The molecule has 5 aromatic carbocycles. The molecule has 0 radical (unpaired) electrons. The average molecular weight is 808 g/mol. The van der Waals surface area contributed by atoms with Crippen molar-refractivity contribution in [1.29, 1.82) is 0 Å². The minimum absolute atomic E-state index is 0. The number of nitrogens with zero attached hydrogens (tertiary/aromatic N) is 4. The van der Waals surface area contributed by atoms with Gasteiger partial charge in [0.1, 0.15) is 5.58 Å². The van der Waals surface area contributed by atoms with Crippen LogP contribution in [0, 0.1) is 24.7 Å². The Kier molecular flexibility index (Phi) is 9.22. The third kappa shape index (κ3) is 6.20. The number of anilines is 1. The molecule has 48 heavy (non-hydrogen) atoms. The van der Waals surface area contributed by atoms with E-state index < -0.39 is 0 Å². The number of hydrogen-bond acceptors (Lipinski definition) is 5. The van der Waals surface area contributed by atoms with Gasteiger partial charge in [0.25, 0.3) is 0 Å². The summed E-state index contributed by atoms with van der Waals surface area (Å²) in [5, 5.41) is 7.17. The fraction of sp³-hybridized carbons (Fsp3) is 0.262. The van der Waals surface area contributed by atoms with Gasteiger partial charge in [-0.3, -0.25) is 9.98 Å². The van der Waals surface area contributed by atoms with Gasteiger partial charge in [-0.05, 0) is 89.6 Å². The number of aliphatic imine (C=N–C) groups is 2. The van der Waals surface area contributed by atoms with Gasteiger partial charge in [-0.15, -0.1) is 35.5 Å². The third-order valence-corrected chi connectivity index (χ3v) is 9.80. The molecule has 5 nitrogen and oxygen atoms in total. The maximum atomic E-state index is 6.16. The number of rotatable bonds is 4. The van der Waals surface area contributed by atoms with E-state index in [1.165, 1.54) is 59.2 Å². The molecule has 1 unspecified atom stereocenters. The molecule has 1 fully saturated rings. The second kappa shape index (κ2) is 13.7. The van der Waals surface area contributed by atoms with Crippen LogP contribution in [0.25, 0.3) is 43.5 Å². The Morgan fingerprint density at radius 2 is 1.67 bits per heavy atom. The van der Waals surface area contributed by atoms with Crippen molar-refractivity contribution in [3.05, 3.63) is 121 Å². The molecule has 3 aliphatic rings. The molecule has 0 N–H and O–H groups in total. The average Bonchev–Trinajstić information content (AvgIpc) is 3.86. The minimum atomic E-state index is 0. The standard InChI is InChI=1S/C26H19N2O.C16H20N2.Ir/c1-15(2)25-26(28-14-27-25)19-8-9-22-21(13-19)24-20-12-17-6-4-3-5-16(17)11-18(20)7-10-23(24)29-22;1-17-10-11-18(13-17)16-9-5-8-15(12-16)14-6-3-2-4-7-14;/h3-7,9-15,25H,1-2H3;5,8,10-14H,2-4,6-7H2,1H3;/q-1;-2;+3. The summed E-state index contributed by atoms with van der Waals surface area (Å²) < 4.78 is 6.16. The summed E-state index contributed by atoms with van der Waals surface area (Å²) >= 11 is 0. The fourth-order valence-electron chi connectivity index (χ4n) is 7.31. The Balaban J connectivity index is 0.000000166. The molecular formula is C42H39IrN4O. The van der Waals surface area contributed by atoms with Crippen LogP contribution >= 0.6 is 0 Å². The van der Waals surface area contributed by atoms with E-state index in [-0.39, 0.29) is 26.1 Å². The van der Waals surface area contributed by atoms with Crippen molar-refractivity contribution >= 4 is 61.2 Å². The zero-order chi connectivity index (χ0) is 31.9. The van der Waals surface area contributed by atoms with Gasteiger partial charge < -0.3 is 14.2 Å². The summed E-state index contributed by atoms with van der Waals surface area (Å²) in [4.78, 5) is 13.3. The fourth-order valence-corrected chi connectivity index (χ4v) is 7.31. The van der Waals surface area contributed by atoms with E-state index in [9.17, 15) is 0 Å². The first-order valence-electron chi connectivity index (χ1n) is 16.9. The van der Waals surface area contributed by atoms with Crippen molar-refractivity contribution in [3.63, 3.8) is 0 Å². The van der Waals surface area contributed by atoms with Crippen LogP contribution in [0.5, 0.6) is 0 Å². The van der Waals surface area contributed by atoms with Crippen LogP contribution in [-0.2, 0) is 20.1 Å². The van der Waals surface area contributed by atoms with Crippen molar-refractivity contribution in [2.45, 2.75) is 57.9 Å². The van der Waals surface area contributed by atoms with Gasteiger partial charge in [-0.2, -0.15) is 30.4 Å². The quantitative estimate of drug-likeness (QED) is 0.132. The van der Waals surface area contributed by atoms with E-state index in [1.807, 2.05) is 13.1 Å². The SMILES string of the molecule is CC(C)C1N=CN=C1c1[c-]cc2oc3ccc4cc5ccccc5cc4c3c2c1.CN1C=CN(c2[c-]ccc(C3CCCCC3)c2)[CH-]1.[Ir+3]. The first-order valence-corrected chi connectivity index (χ1v) is 16.9. The molecule has 1 atom stereocenters. The van der Waals surface area contributed by atoms with E-state index in [0.717, 1.165) is 44.8 Å². The minimum Gasteiger partial charge on any atom is -0.510 e. The molecular weight excluding hydrogens is 769 g/mol. The predicted molar refractivity (Wildman–Crippen MR) is 196 cm³/mol. The predicted octanol–water partition coefficient (Wildman–Crippen LogP) is 10.4. The first kappa shape index (κ1) is 32.3. The van der Waals surface area contributed by atoms with Gasteiger partial charge in [0.2, 0.25) is 0 Å². The largest absolute Gasteiger partial charge is 3.00 e. The monoisotopic (exact) mass is 808 g/mol. The Morgan fingerprint density at radius 1 is 0.854 bits per heavy atom. The molecule has 2 aliphatic heterocycles. The number of furan rings is 1. The molecule has 0 spiro atoms. The molecule has 0 saturated heterocycles. The van der Waals surface area contributed by atoms with Crippen LogP contribution in [-0.4, -0.2) is 30.0 Å². The van der Waals surface area contributed by atoms with Crippen LogP contribution in [0.3, 0.4) is 0 Å². The van der Waals surface area contributed by atoms with Gasteiger partial charge in [-0.25, -0.2) is 0 Å². The molecule has 6 aromatic rings. The van der Waals surface area contributed by atoms with Crippen LogP contribution < -0.4 is 4.90 Å². The molecule has 1 aliphatic carbocycles. The van der Waals surface area contributed by atoms with Crippen molar-refractivity contribution in [3.8, 4) is 0 Å². The normalized spacial score (nSPS) is 17.8. The van der Waals surface area contributed by atoms with Crippen molar-refractivity contribution in [1.82, 2.24) is 4.90 Å². The van der Waals surface area contributed by atoms with E-state index in [4.69, 9.17) is 4.42 Å². The molecule has 1 aromatic heterocycles. The van der Waals surface area contributed by atoms with E-state index in [0.29, 0.717) is 5.92 Å². The smallest absolute Gasteiger partial charge is 0.510 e. The van der Waals surface area contributed by atoms with Crippen LogP contribution in [0.15, 0.2) is 106 Å². The second-order valence-corrected chi connectivity index (χ2v) is 13.4. The van der Waals surface area contributed by atoms with Gasteiger partial charge in [0.15, 0.2) is 0 Å². The molecule has 242 valence electrons. The topological polar surface area (TPSA) is 44.3 Å². The Bertz CT molecular complexity index is 2190. The Labute approximate surface area is 296 Å². The summed E-state index contributed by atoms with van der Waals surface area (Å²) in [5.74, 6) is 1.15. The summed E-state index contributed by atoms with van der Waals surface area (Å²) in [5.41, 5.74) is 6.37. The van der Waals surface area contributed by atoms with Crippen LogP contribution in [0.2, 0.25) is 0 Å². The Hall–Kier alpha value is -4.25. The zero-order valence-corrected chi connectivity index (χ0v) is 30.0. The summed E-state index contributed by atoms with van der Waals surface area (Å²) in [6.07, 6.45) is 12.7. The number of fused-ring (bicyclic) bond motifs is 6. The maximum Gasteiger partial charge on any atom is 3.00 e. The van der Waals surface area contributed by atoms with Crippen molar-refractivity contribution in [2.24, 2.45) is 15.9 Å². The van der Waals surface area contributed by atoms with E-state index in [1.54, 1.807) is 6.34 Å². The molecule has 0 amide bonds. The van der Waals surface area contributed by atoms with Crippen molar-refractivity contribution < 1.29 is 24.5 Å². The van der Waals surface area contributed by atoms with Crippen LogP contribution in [0.1, 0.15) is 63.0 Å².